The summed E-state index contributed by atoms with van der Waals surface area (Å²) < 4.78 is 19.5. The van der Waals surface area contributed by atoms with Crippen LogP contribution in [0, 0.1) is 17.9 Å². The van der Waals surface area contributed by atoms with Gasteiger partial charge in [-0.2, -0.15) is 4.73 Å². The molecule has 124 valence electrons. The molecule has 3 nitrogen and oxygen atoms in total. The maximum absolute atomic E-state index is 13.3. The van der Waals surface area contributed by atoms with Gasteiger partial charge in [0.25, 0.3) is 0 Å². The summed E-state index contributed by atoms with van der Waals surface area (Å²) in [5.41, 5.74) is 4.39. The van der Waals surface area contributed by atoms with Crippen LogP contribution in [0.25, 0.3) is 22.0 Å². The second-order valence-electron chi connectivity index (χ2n) is 6.17. The lowest BCUT2D eigenvalue weighted by Crippen LogP contribution is -2.28. The van der Waals surface area contributed by atoms with E-state index in [2.05, 4.69) is 0 Å². The molecule has 3 aromatic rings. The predicted octanol–water partition coefficient (Wildman–Crippen LogP) is 4.34. The van der Waals surface area contributed by atoms with E-state index >= 15 is 0 Å². The largest absolute Gasteiger partial charge is 0.618 e. The van der Waals surface area contributed by atoms with Crippen LogP contribution in [0.15, 0.2) is 48.7 Å². The zero-order valence-corrected chi connectivity index (χ0v) is 14.0. The first-order valence-electron chi connectivity index (χ1n) is 7.92. The molecule has 0 N–H and O–H groups in total. The molecule has 0 fully saturated rings. The van der Waals surface area contributed by atoms with E-state index < -0.39 is 0 Å². The minimum Gasteiger partial charge on any atom is -0.618 e. The maximum atomic E-state index is 13.3. The van der Waals surface area contributed by atoms with Gasteiger partial charge in [0, 0.05) is 30.2 Å². The Morgan fingerprint density at radius 2 is 1.88 bits per heavy atom. The molecule has 0 radical (unpaired) electrons. The molecule has 1 atom stereocenters. The molecule has 1 aromatic heterocycles. The summed E-state index contributed by atoms with van der Waals surface area (Å²) in [6.07, 6.45) is 1.62. The van der Waals surface area contributed by atoms with E-state index in [9.17, 15) is 9.60 Å². The van der Waals surface area contributed by atoms with Crippen molar-refractivity contribution in [3.05, 3.63) is 70.8 Å². The van der Waals surface area contributed by atoms with Crippen molar-refractivity contribution in [1.82, 2.24) is 0 Å². The SMILES string of the molecule is COCC(C)c1c[n+]([O-])c2cc(C)ccc2c1-c1ccc(F)cc1. The molecule has 1 heterocycles. The molecule has 24 heavy (non-hydrogen) atoms. The number of aromatic nitrogens is 1. The molecule has 0 aliphatic rings. The summed E-state index contributed by atoms with van der Waals surface area (Å²) in [4.78, 5) is 0. The Kier molecular flexibility index (Phi) is 4.49. The maximum Gasteiger partial charge on any atom is 0.224 e. The van der Waals surface area contributed by atoms with Gasteiger partial charge >= 0.3 is 0 Å². The summed E-state index contributed by atoms with van der Waals surface area (Å²) in [6, 6.07) is 12.2. The molecule has 0 aliphatic heterocycles. The van der Waals surface area contributed by atoms with Crippen molar-refractivity contribution in [2.45, 2.75) is 19.8 Å². The van der Waals surface area contributed by atoms with Crippen LogP contribution < -0.4 is 4.73 Å². The van der Waals surface area contributed by atoms with Crippen molar-refractivity contribution in [1.29, 1.82) is 0 Å². The summed E-state index contributed by atoms with van der Waals surface area (Å²) in [5, 5.41) is 13.4. The Morgan fingerprint density at radius 3 is 2.54 bits per heavy atom. The van der Waals surface area contributed by atoms with E-state index in [-0.39, 0.29) is 11.7 Å². The summed E-state index contributed by atoms with van der Waals surface area (Å²) in [5.74, 6) is -0.235. The Hall–Kier alpha value is -2.46. The van der Waals surface area contributed by atoms with E-state index in [0.717, 1.165) is 32.4 Å². The summed E-state index contributed by atoms with van der Waals surface area (Å²) in [6.45, 7) is 4.48. The van der Waals surface area contributed by atoms with E-state index in [0.29, 0.717) is 12.1 Å². The first-order chi connectivity index (χ1) is 11.5. The number of hydrogen-bond donors (Lipinski definition) is 0. The molecule has 0 amide bonds. The Bertz CT molecular complexity index is 875. The van der Waals surface area contributed by atoms with Crippen LogP contribution in [0.4, 0.5) is 4.39 Å². The Balaban J connectivity index is 2.34. The summed E-state index contributed by atoms with van der Waals surface area (Å²) >= 11 is 0. The highest BCUT2D eigenvalue weighted by Crippen LogP contribution is 2.35. The number of hydrogen-bond acceptors (Lipinski definition) is 2. The van der Waals surface area contributed by atoms with Crippen LogP contribution in [0.2, 0.25) is 0 Å². The lowest BCUT2D eigenvalue weighted by Gasteiger charge is -2.18. The smallest absolute Gasteiger partial charge is 0.224 e. The number of fused-ring (bicyclic) bond motifs is 1. The number of benzene rings is 2. The van der Waals surface area contributed by atoms with Crippen molar-refractivity contribution in [3.8, 4) is 11.1 Å². The van der Waals surface area contributed by atoms with Crippen LogP contribution in [0.1, 0.15) is 24.0 Å². The average molecular weight is 325 g/mol. The van der Waals surface area contributed by atoms with Crippen molar-refractivity contribution < 1.29 is 13.9 Å². The minimum absolute atomic E-state index is 0.0426. The molecule has 0 aliphatic carbocycles. The highest BCUT2D eigenvalue weighted by atomic mass is 19.1. The van der Waals surface area contributed by atoms with Gasteiger partial charge in [-0.1, -0.05) is 25.1 Å². The fourth-order valence-corrected chi connectivity index (χ4v) is 3.10. The Morgan fingerprint density at radius 1 is 1.17 bits per heavy atom. The van der Waals surface area contributed by atoms with Crippen LogP contribution in [-0.2, 0) is 4.74 Å². The third-order valence-corrected chi connectivity index (χ3v) is 4.29. The number of rotatable bonds is 4. The number of methoxy groups -OCH3 is 1. The highest BCUT2D eigenvalue weighted by Gasteiger charge is 2.21. The van der Waals surface area contributed by atoms with Gasteiger partial charge in [-0.3, -0.25) is 0 Å². The van der Waals surface area contributed by atoms with Gasteiger partial charge in [0.05, 0.1) is 12.0 Å². The van der Waals surface area contributed by atoms with Crippen molar-refractivity contribution in [3.63, 3.8) is 0 Å². The summed E-state index contributed by atoms with van der Waals surface area (Å²) in [7, 11) is 1.64. The van der Waals surface area contributed by atoms with E-state index in [1.165, 1.54) is 12.1 Å². The zero-order chi connectivity index (χ0) is 17.3. The minimum atomic E-state index is -0.278. The molecule has 0 saturated heterocycles. The second-order valence-corrected chi connectivity index (χ2v) is 6.17. The predicted molar refractivity (Wildman–Crippen MR) is 93.3 cm³/mol. The van der Waals surface area contributed by atoms with Gasteiger partial charge in [-0.15, -0.1) is 0 Å². The third kappa shape index (κ3) is 2.97. The molecule has 4 heteroatoms. The first kappa shape index (κ1) is 16.4. The number of pyridine rings is 1. The fourth-order valence-electron chi connectivity index (χ4n) is 3.10. The average Bonchev–Trinajstić information content (AvgIpc) is 2.56. The van der Waals surface area contributed by atoms with Crippen LogP contribution >= 0.6 is 0 Å². The monoisotopic (exact) mass is 325 g/mol. The molecule has 0 saturated carbocycles. The lowest BCUT2D eigenvalue weighted by molar-refractivity contribution is -0.577. The second kappa shape index (κ2) is 6.57. The molecule has 3 rings (SSSR count). The van der Waals surface area contributed by atoms with Gasteiger partial charge in [0.2, 0.25) is 5.52 Å². The highest BCUT2D eigenvalue weighted by molar-refractivity contribution is 5.95. The Labute approximate surface area is 140 Å². The van der Waals surface area contributed by atoms with Crippen LogP contribution in [0.5, 0.6) is 0 Å². The number of nitrogens with zero attached hydrogens (tertiary/aromatic N) is 1. The van der Waals surface area contributed by atoms with Crippen LogP contribution in [-0.4, -0.2) is 13.7 Å². The molecular weight excluding hydrogens is 305 g/mol. The molecular formula is C20H20FNO2. The van der Waals surface area contributed by atoms with Crippen molar-refractivity contribution in [2.75, 3.05) is 13.7 Å². The number of halogens is 1. The van der Waals surface area contributed by atoms with E-state index in [4.69, 9.17) is 4.74 Å². The van der Waals surface area contributed by atoms with E-state index in [1.807, 2.05) is 32.0 Å². The van der Waals surface area contributed by atoms with Gasteiger partial charge in [0.15, 0.2) is 6.20 Å². The standard InChI is InChI=1S/C20H20FNO2/c1-13-4-9-17-19(10-13)22(23)11-18(14(2)12-24-3)20(17)15-5-7-16(21)8-6-15/h4-11,14H,12H2,1-3H3. The molecule has 1 unspecified atom stereocenters. The normalized spacial score (nSPS) is 12.5. The lowest BCUT2D eigenvalue weighted by atomic mass is 9.90. The van der Waals surface area contributed by atoms with Gasteiger partial charge in [0.1, 0.15) is 5.82 Å². The fraction of sp³-hybridized carbons (Fsp3) is 0.250. The number of aryl methyl sites for hydroxylation is 1. The van der Waals surface area contributed by atoms with E-state index in [1.54, 1.807) is 25.4 Å². The topological polar surface area (TPSA) is 36.2 Å². The van der Waals surface area contributed by atoms with Crippen molar-refractivity contribution in [2.24, 2.45) is 0 Å². The quantitative estimate of drug-likeness (QED) is 0.528. The van der Waals surface area contributed by atoms with Crippen LogP contribution in [0.3, 0.4) is 0 Å². The zero-order valence-electron chi connectivity index (χ0n) is 14.0. The van der Waals surface area contributed by atoms with Crippen molar-refractivity contribution >= 4 is 10.9 Å². The number of ether oxygens (including phenoxy) is 1. The molecule has 0 spiro atoms. The van der Waals surface area contributed by atoms with Gasteiger partial charge in [-0.05, 0) is 36.2 Å². The molecule has 2 aromatic carbocycles. The van der Waals surface area contributed by atoms with Gasteiger partial charge < -0.3 is 9.94 Å². The van der Waals surface area contributed by atoms with Gasteiger partial charge in [-0.25, -0.2) is 4.39 Å². The molecule has 0 bridgehead atoms. The first-order valence-corrected chi connectivity index (χ1v) is 7.92. The third-order valence-electron chi connectivity index (χ3n) is 4.29.